The molecule has 4 nitrogen and oxygen atoms in total. The molecule has 4 rings (SSSR count). The number of rotatable bonds is 9. The average molecular weight is 503 g/mol. The van der Waals surface area contributed by atoms with Crippen LogP contribution in [-0.4, -0.2) is 28.8 Å². The summed E-state index contributed by atoms with van der Waals surface area (Å²) < 4.78 is 0. The Bertz CT molecular complexity index is 1160. The summed E-state index contributed by atoms with van der Waals surface area (Å²) in [7, 11) is 0. The number of amides is 2. The lowest BCUT2D eigenvalue weighted by molar-refractivity contribution is -0.141. The van der Waals surface area contributed by atoms with Crippen molar-refractivity contribution in [1.82, 2.24) is 10.2 Å². The molecule has 0 unspecified atom stereocenters. The van der Waals surface area contributed by atoms with Gasteiger partial charge >= 0.3 is 0 Å². The first-order valence-corrected chi connectivity index (χ1v) is 13.3. The highest BCUT2D eigenvalue weighted by molar-refractivity contribution is 6.31. The molecule has 0 bridgehead atoms. The number of nitrogens with one attached hydrogen (secondary N) is 1. The molecule has 1 fully saturated rings. The fraction of sp³-hybridized carbons (Fsp3) is 0.355. The van der Waals surface area contributed by atoms with E-state index in [1.54, 1.807) is 4.90 Å². The second kappa shape index (κ2) is 12.7. The summed E-state index contributed by atoms with van der Waals surface area (Å²) in [5.41, 5.74) is 3.89. The van der Waals surface area contributed by atoms with Crippen LogP contribution in [0.1, 0.15) is 54.4 Å². The zero-order chi connectivity index (χ0) is 25.3. The van der Waals surface area contributed by atoms with E-state index in [1.807, 2.05) is 85.8 Å². The minimum atomic E-state index is -0.637. The van der Waals surface area contributed by atoms with E-state index in [-0.39, 0.29) is 30.8 Å². The van der Waals surface area contributed by atoms with Crippen molar-refractivity contribution >= 4 is 23.4 Å². The molecule has 0 heterocycles. The quantitative estimate of drug-likeness (QED) is 0.374. The van der Waals surface area contributed by atoms with Gasteiger partial charge in [0.25, 0.3) is 0 Å². The van der Waals surface area contributed by atoms with Crippen molar-refractivity contribution in [2.75, 3.05) is 0 Å². The second-order valence-corrected chi connectivity index (χ2v) is 10.2. The zero-order valence-electron chi connectivity index (χ0n) is 21.0. The summed E-state index contributed by atoms with van der Waals surface area (Å²) >= 11 is 6.52. The summed E-state index contributed by atoms with van der Waals surface area (Å²) in [6, 6.07) is 24.9. The number of aryl methyl sites for hydroxylation is 1. The fourth-order valence-electron chi connectivity index (χ4n) is 4.98. The third-order valence-corrected chi connectivity index (χ3v) is 7.49. The van der Waals surface area contributed by atoms with E-state index in [0.29, 0.717) is 11.4 Å². The van der Waals surface area contributed by atoms with E-state index in [1.165, 1.54) is 6.42 Å². The number of benzene rings is 3. The molecule has 5 heteroatoms. The zero-order valence-corrected chi connectivity index (χ0v) is 21.7. The van der Waals surface area contributed by atoms with Gasteiger partial charge in [0.1, 0.15) is 6.04 Å². The predicted molar refractivity (Wildman–Crippen MR) is 146 cm³/mol. The Hall–Kier alpha value is -3.11. The molecule has 1 saturated carbocycles. The van der Waals surface area contributed by atoms with Crippen LogP contribution >= 0.6 is 11.6 Å². The van der Waals surface area contributed by atoms with Crippen molar-refractivity contribution in [3.05, 3.63) is 106 Å². The Morgan fingerprint density at radius 2 is 1.53 bits per heavy atom. The molecule has 3 aromatic rings. The molecule has 3 aromatic carbocycles. The van der Waals surface area contributed by atoms with Gasteiger partial charge in [0.15, 0.2) is 0 Å². The lowest BCUT2D eigenvalue weighted by Crippen LogP contribution is -2.53. The van der Waals surface area contributed by atoms with Crippen LogP contribution < -0.4 is 5.32 Å². The topological polar surface area (TPSA) is 49.4 Å². The van der Waals surface area contributed by atoms with Crippen molar-refractivity contribution in [2.45, 2.75) is 70.5 Å². The number of hydrogen-bond donors (Lipinski definition) is 1. The van der Waals surface area contributed by atoms with Crippen molar-refractivity contribution in [3.8, 4) is 0 Å². The van der Waals surface area contributed by atoms with E-state index in [0.717, 1.165) is 47.9 Å². The molecule has 188 valence electrons. The Kier molecular flexibility index (Phi) is 9.18. The maximum absolute atomic E-state index is 13.9. The van der Waals surface area contributed by atoms with Gasteiger partial charge in [0, 0.05) is 24.0 Å². The van der Waals surface area contributed by atoms with Crippen molar-refractivity contribution in [2.24, 2.45) is 0 Å². The highest BCUT2D eigenvalue weighted by Gasteiger charge is 2.32. The van der Waals surface area contributed by atoms with Gasteiger partial charge in [-0.05, 0) is 48.1 Å². The largest absolute Gasteiger partial charge is 0.352 e. The molecule has 0 aromatic heterocycles. The third-order valence-electron chi connectivity index (χ3n) is 7.12. The predicted octanol–water partition coefficient (Wildman–Crippen LogP) is 6.28. The van der Waals surface area contributed by atoms with Crippen molar-refractivity contribution in [3.63, 3.8) is 0 Å². The molecule has 0 aliphatic heterocycles. The Labute approximate surface area is 219 Å². The van der Waals surface area contributed by atoms with Crippen molar-refractivity contribution < 1.29 is 9.59 Å². The molecule has 0 radical (unpaired) electrons. The minimum absolute atomic E-state index is 0.0797. The Morgan fingerprint density at radius 1 is 0.889 bits per heavy atom. The lowest BCUT2D eigenvalue weighted by atomic mass is 9.94. The molecule has 1 N–H and O–H groups in total. The number of carbonyl (C=O) groups excluding carboxylic acids is 2. The summed E-state index contributed by atoms with van der Waals surface area (Å²) in [6.45, 7) is 2.29. The van der Waals surface area contributed by atoms with Crippen LogP contribution in [0.2, 0.25) is 5.02 Å². The SMILES string of the molecule is Cc1ccccc1CC(=O)N(Cc1ccccc1Cl)[C@H](Cc1ccccc1)C(=O)NC1CCCCC1. The number of hydrogen-bond acceptors (Lipinski definition) is 2. The fourth-order valence-corrected chi connectivity index (χ4v) is 5.18. The molecule has 1 aliphatic rings. The molecule has 2 amide bonds. The Balaban J connectivity index is 1.67. The van der Waals surface area contributed by atoms with Gasteiger partial charge in [-0.25, -0.2) is 0 Å². The van der Waals surface area contributed by atoms with E-state index in [2.05, 4.69) is 5.32 Å². The van der Waals surface area contributed by atoms with Gasteiger partial charge < -0.3 is 10.2 Å². The molecular weight excluding hydrogens is 468 g/mol. The van der Waals surface area contributed by atoms with Crippen LogP contribution in [-0.2, 0) is 29.0 Å². The minimum Gasteiger partial charge on any atom is -0.352 e. The summed E-state index contributed by atoms with van der Waals surface area (Å²) in [5.74, 6) is -0.167. The van der Waals surface area contributed by atoms with E-state index < -0.39 is 6.04 Å². The van der Waals surface area contributed by atoms with E-state index in [9.17, 15) is 9.59 Å². The summed E-state index contributed by atoms with van der Waals surface area (Å²) in [6.07, 6.45) is 6.14. The normalized spacial score (nSPS) is 14.7. The maximum atomic E-state index is 13.9. The Morgan fingerprint density at radius 3 is 2.22 bits per heavy atom. The number of nitrogens with zero attached hydrogens (tertiary/aromatic N) is 1. The van der Waals surface area contributed by atoms with Crippen LogP contribution in [0.5, 0.6) is 0 Å². The number of carbonyl (C=O) groups is 2. The van der Waals surface area contributed by atoms with Crippen LogP contribution in [0.15, 0.2) is 78.9 Å². The first-order chi connectivity index (χ1) is 17.5. The van der Waals surface area contributed by atoms with Crippen LogP contribution in [0, 0.1) is 6.92 Å². The summed E-state index contributed by atoms with van der Waals surface area (Å²) in [5, 5.41) is 3.88. The van der Waals surface area contributed by atoms with Crippen molar-refractivity contribution in [1.29, 1.82) is 0 Å². The lowest BCUT2D eigenvalue weighted by Gasteiger charge is -2.34. The highest BCUT2D eigenvalue weighted by atomic mass is 35.5. The molecule has 0 saturated heterocycles. The summed E-state index contributed by atoms with van der Waals surface area (Å²) in [4.78, 5) is 29.5. The van der Waals surface area contributed by atoms with Crippen LogP contribution in [0.3, 0.4) is 0 Å². The first kappa shape index (κ1) is 26.0. The first-order valence-electron chi connectivity index (χ1n) is 12.9. The average Bonchev–Trinajstić information content (AvgIpc) is 2.89. The molecule has 1 aliphatic carbocycles. The molecule has 1 atom stereocenters. The third kappa shape index (κ3) is 6.98. The van der Waals surface area contributed by atoms with E-state index in [4.69, 9.17) is 11.6 Å². The van der Waals surface area contributed by atoms with E-state index >= 15 is 0 Å². The standard InChI is InChI=1S/C31H35ClN2O2/c1-23-12-8-9-15-25(23)21-30(35)34(22-26-16-10-11-19-28(26)32)29(20-24-13-4-2-5-14-24)31(36)33-27-17-6-3-7-18-27/h2,4-5,8-16,19,27,29H,3,6-7,17-18,20-22H2,1H3,(H,33,36)/t29-/m1/s1. The maximum Gasteiger partial charge on any atom is 0.243 e. The second-order valence-electron chi connectivity index (χ2n) is 9.77. The van der Waals surface area contributed by atoms with Gasteiger partial charge in [-0.2, -0.15) is 0 Å². The smallest absolute Gasteiger partial charge is 0.243 e. The van der Waals surface area contributed by atoms with Gasteiger partial charge in [0.2, 0.25) is 11.8 Å². The molecule has 0 spiro atoms. The molecular formula is C31H35ClN2O2. The van der Waals surface area contributed by atoms with Gasteiger partial charge in [-0.1, -0.05) is 104 Å². The van der Waals surface area contributed by atoms with Crippen LogP contribution in [0.4, 0.5) is 0 Å². The monoisotopic (exact) mass is 502 g/mol. The molecule has 36 heavy (non-hydrogen) atoms. The van der Waals surface area contributed by atoms with Gasteiger partial charge in [0.05, 0.1) is 6.42 Å². The highest BCUT2D eigenvalue weighted by Crippen LogP contribution is 2.23. The van der Waals surface area contributed by atoms with Gasteiger partial charge in [-0.3, -0.25) is 9.59 Å². The van der Waals surface area contributed by atoms with Gasteiger partial charge in [-0.15, -0.1) is 0 Å². The number of halogens is 1. The van der Waals surface area contributed by atoms with Crippen LogP contribution in [0.25, 0.3) is 0 Å².